The molecule has 0 saturated heterocycles. The first-order chi connectivity index (χ1) is 34.5. The minimum atomic E-state index is -0.774. The van der Waals surface area contributed by atoms with Gasteiger partial charge in [-0.15, -0.1) is 0 Å². The molecule has 0 spiro atoms. The van der Waals surface area contributed by atoms with Gasteiger partial charge in [0.25, 0.3) is 0 Å². The molecule has 70 heavy (non-hydrogen) atoms. The number of ether oxygens (including phenoxy) is 3. The number of esters is 3. The summed E-state index contributed by atoms with van der Waals surface area (Å²) in [4.78, 5) is 38.1. The van der Waals surface area contributed by atoms with Crippen LogP contribution in [0.15, 0.2) is 72.9 Å². The molecule has 0 saturated carbocycles. The summed E-state index contributed by atoms with van der Waals surface area (Å²) in [7, 11) is 0. The molecule has 0 amide bonds. The first-order valence-corrected chi connectivity index (χ1v) is 29.9. The Kier molecular flexibility index (Phi) is 55.8. The zero-order valence-corrected chi connectivity index (χ0v) is 46.3. The SMILES string of the molecule is CC/C=C\C/C=C\C/C=C\C/C=C\C/C=C\C/C=C\CCCCCCCCCCC(=O)OCC(COC(=O)CCCCCCCCCCCCCC)OC(=O)CCCCCCCCCCCCCCC. The second-order valence-electron chi connectivity index (χ2n) is 19.9. The first kappa shape index (κ1) is 66.9. The van der Waals surface area contributed by atoms with Crippen molar-refractivity contribution in [3.05, 3.63) is 72.9 Å². The molecule has 0 aromatic rings. The summed E-state index contributed by atoms with van der Waals surface area (Å²) < 4.78 is 16.9. The quantitative estimate of drug-likeness (QED) is 0.0261. The van der Waals surface area contributed by atoms with E-state index in [0.29, 0.717) is 19.3 Å². The molecule has 0 aromatic heterocycles. The molecule has 0 bridgehead atoms. The van der Waals surface area contributed by atoms with Crippen LogP contribution in [0.3, 0.4) is 0 Å². The van der Waals surface area contributed by atoms with Gasteiger partial charge in [0.2, 0.25) is 0 Å². The van der Waals surface area contributed by atoms with Crippen molar-refractivity contribution in [3.63, 3.8) is 0 Å². The molecule has 0 aliphatic heterocycles. The van der Waals surface area contributed by atoms with Crippen molar-refractivity contribution < 1.29 is 28.6 Å². The third-order valence-corrected chi connectivity index (χ3v) is 13.0. The van der Waals surface area contributed by atoms with E-state index >= 15 is 0 Å². The predicted octanol–water partition coefficient (Wildman–Crippen LogP) is 20.2. The minimum absolute atomic E-state index is 0.0733. The second-order valence-corrected chi connectivity index (χ2v) is 19.9. The van der Waals surface area contributed by atoms with Crippen LogP contribution >= 0.6 is 0 Å². The summed E-state index contributed by atoms with van der Waals surface area (Å²) >= 11 is 0. The highest BCUT2D eigenvalue weighted by molar-refractivity contribution is 5.71. The number of carbonyl (C=O) groups is 3. The topological polar surface area (TPSA) is 78.9 Å². The number of carbonyl (C=O) groups excluding carboxylic acids is 3. The Hall–Kier alpha value is -3.15. The lowest BCUT2D eigenvalue weighted by Gasteiger charge is -2.18. The van der Waals surface area contributed by atoms with Gasteiger partial charge >= 0.3 is 17.9 Å². The van der Waals surface area contributed by atoms with Crippen LogP contribution < -0.4 is 0 Å². The van der Waals surface area contributed by atoms with Crippen LogP contribution in [-0.4, -0.2) is 37.2 Å². The highest BCUT2D eigenvalue weighted by Gasteiger charge is 2.19. The Morgan fingerprint density at radius 2 is 0.557 bits per heavy atom. The number of hydrogen-bond acceptors (Lipinski definition) is 6. The van der Waals surface area contributed by atoms with E-state index in [2.05, 4.69) is 93.7 Å². The van der Waals surface area contributed by atoms with Crippen LogP contribution in [-0.2, 0) is 28.6 Å². The number of unbranched alkanes of at least 4 members (excludes halogenated alkanes) is 31. The van der Waals surface area contributed by atoms with Gasteiger partial charge in [-0.2, -0.15) is 0 Å². The molecular weight excluding hydrogens is 865 g/mol. The van der Waals surface area contributed by atoms with Crippen molar-refractivity contribution in [1.29, 1.82) is 0 Å². The molecule has 6 nitrogen and oxygen atoms in total. The molecular formula is C64H112O6. The molecule has 1 atom stereocenters. The molecule has 0 aliphatic rings. The molecule has 1 unspecified atom stereocenters. The van der Waals surface area contributed by atoms with E-state index in [9.17, 15) is 14.4 Å². The van der Waals surface area contributed by atoms with Gasteiger partial charge < -0.3 is 14.2 Å². The lowest BCUT2D eigenvalue weighted by atomic mass is 10.0. The summed E-state index contributed by atoms with van der Waals surface area (Å²) in [5.74, 6) is -0.870. The smallest absolute Gasteiger partial charge is 0.306 e. The van der Waals surface area contributed by atoms with Crippen molar-refractivity contribution in [2.24, 2.45) is 0 Å². The van der Waals surface area contributed by atoms with Gasteiger partial charge in [0.1, 0.15) is 13.2 Å². The maximum absolute atomic E-state index is 12.8. The van der Waals surface area contributed by atoms with E-state index in [4.69, 9.17) is 14.2 Å². The number of allylic oxidation sites excluding steroid dienone is 12. The Morgan fingerprint density at radius 1 is 0.300 bits per heavy atom. The van der Waals surface area contributed by atoms with Crippen LogP contribution in [0.2, 0.25) is 0 Å². The number of rotatable bonds is 54. The monoisotopic (exact) mass is 977 g/mol. The fourth-order valence-electron chi connectivity index (χ4n) is 8.51. The third kappa shape index (κ3) is 55.8. The van der Waals surface area contributed by atoms with Crippen LogP contribution in [0.5, 0.6) is 0 Å². The average molecular weight is 978 g/mol. The molecule has 0 heterocycles. The number of hydrogen-bond donors (Lipinski definition) is 0. The van der Waals surface area contributed by atoms with Gasteiger partial charge in [-0.05, 0) is 70.6 Å². The molecule has 0 rings (SSSR count). The van der Waals surface area contributed by atoms with Crippen LogP contribution in [0.25, 0.3) is 0 Å². The summed E-state index contributed by atoms with van der Waals surface area (Å²) in [6.07, 6.45) is 74.7. The fourth-order valence-corrected chi connectivity index (χ4v) is 8.51. The lowest BCUT2D eigenvalue weighted by molar-refractivity contribution is -0.167. The summed E-state index contributed by atoms with van der Waals surface area (Å²) in [6.45, 7) is 6.54. The minimum Gasteiger partial charge on any atom is -0.462 e. The largest absolute Gasteiger partial charge is 0.462 e. The van der Waals surface area contributed by atoms with E-state index in [1.807, 2.05) is 0 Å². The van der Waals surface area contributed by atoms with E-state index in [1.165, 1.54) is 154 Å². The second kappa shape index (κ2) is 58.4. The van der Waals surface area contributed by atoms with Gasteiger partial charge in [-0.1, -0.05) is 280 Å². The van der Waals surface area contributed by atoms with Crippen LogP contribution in [0.4, 0.5) is 0 Å². The standard InChI is InChI=1S/C64H112O6/c1-4-7-10-13-16-19-22-25-26-27-28-29-30-31-32-33-34-35-36-37-38-40-42-45-48-51-54-57-63(66)69-60-61(59-68-62(65)56-53-50-47-44-41-24-21-18-15-12-9-6-3)70-64(67)58-55-52-49-46-43-39-23-20-17-14-11-8-5-2/h7,10,16,19,25-26,28-29,31-32,34-35,61H,4-6,8-9,11-15,17-18,20-24,27,30,33,36-60H2,1-3H3/b10-7-,19-16-,26-25-,29-28-,32-31-,35-34-. The molecule has 0 N–H and O–H groups in total. The van der Waals surface area contributed by atoms with E-state index in [-0.39, 0.29) is 31.1 Å². The summed E-state index contributed by atoms with van der Waals surface area (Å²) in [6, 6.07) is 0. The lowest BCUT2D eigenvalue weighted by Crippen LogP contribution is -2.30. The molecule has 0 radical (unpaired) electrons. The van der Waals surface area contributed by atoms with E-state index < -0.39 is 6.10 Å². The Bertz CT molecular complexity index is 1310. The molecule has 6 heteroatoms. The van der Waals surface area contributed by atoms with Crippen molar-refractivity contribution in [3.8, 4) is 0 Å². The maximum Gasteiger partial charge on any atom is 0.306 e. The van der Waals surface area contributed by atoms with Crippen molar-refractivity contribution in [1.82, 2.24) is 0 Å². The van der Waals surface area contributed by atoms with Crippen molar-refractivity contribution >= 4 is 17.9 Å². The van der Waals surface area contributed by atoms with Gasteiger partial charge in [0.05, 0.1) is 0 Å². The van der Waals surface area contributed by atoms with E-state index in [1.54, 1.807) is 0 Å². The maximum atomic E-state index is 12.8. The first-order valence-electron chi connectivity index (χ1n) is 29.9. The van der Waals surface area contributed by atoms with Gasteiger partial charge in [0.15, 0.2) is 6.10 Å². The normalized spacial score (nSPS) is 12.6. The fraction of sp³-hybridized carbons (Fsp3) is 0.766. The molecule has 0 aliphatic carbocycles. The van der Waals surface area contributed by atoms with E-state index in [0.717, 1.165) is 103 Å². The summed E-state index contributed by atoms with van der Waals surface area (Å²) in [5.41, 5.74) is 0. The predicted molar refractivity (Wildman–Crippen MR) is 302 cm³/mol. The molecule has 404 valence electrons. The molecule has 0 fully saturated rings. The van der Waals surface area contributed by atoms with Gasteiger partial charge in [-0.3, -0.25) is 14.4 Å². The Balaban J connectivity index is 4.26. The van der Waals surface area contributed by atoms with Crippen molar-refractivity contribution in [2.45, 2.75) is 303 Å². The van der Waals surface area contributed by atoms with Crippen LogP contribution in [0.1, 0.15) is 297 Å². The van der Waals surface area contributed by atoms with Gasteiger partial charge in [0, 0.05) is 19.3 Å². The van der Waals surface area contributed by atoms with Crippen LogP contribution in [0, 0.1) is 0 Å². The highest BCUT2D eigenvalue weighted by atomic mass is 16.6. The Morgan fingerprint density at radius 3 is 0.871 bits per heavy atom. The van der Waals surface area contributed by atoms with Gasteiger partial charge in [-0.25, -0.2) is 0 Å². The average Bonchev–Trinajstić information content (AvgIpc) is 3.36. The Labute approximate surface area is 433 Å². The zero-order chi connectivity index (χ0) is 50.7. The molecule has 0 aromatic carbocycles. The third-order valence-electron chi connectivity index (χ3n) is 13.0. The van der Waals surface area contributed by atoms with Crippen molar-refractivity contribution in [2.75, 3.05) is 13.2 Å². The zero-order valence-electron chi connectivity index (χ0n) is 46.3. The summed E-state index contributed by atoms with van der Waals surface area (Å²) in [5, 5.41) is 0. The highest BCUT2D eigenvalue weighted by Crippen LogP contribution is 2.16.